The van der Waals surface area contributed by atoms with Gasteiger partial charge in [-0.3, -0.25) is 10.2 Å². The minimum Gasteiger partial charge on any atom is -0.288 e. The van der Waals surface area contributed by atoms with Crippen molar-refractivity contribution >= 4 is 5.91 Å². The molecule has 110 valence electrons. The molecular weight excluding hydrogens is 269 g/mol. The Morgan fingerprint density at radius 2 is 1.85 bits per heavy atom. The second-order valence-corrected chi connectivity index (χ2v) is 4.91. The lowest BCUT2D eigenvalue weighted by molar-refractivity contribution is -0.187. The van der Waals surface area contributed by atoms with Gasteiger partial charge < -0.3 is 0 Å². The van der Waals surface area contributed by atoms with Gasteiger partial charge in [0.05, 0.1) is 0 Å². The predicted molar refractivity (Wildman–Crippen MR) is 68.8 cm³/mol. The Kier molecular flexibility index (Phi) is 4.32. The number of nitrogens with one attached hydrogen (secondary N) is 1. The molecule has 0 bridgehead atoms. The zero-order valence-corrected chi connectivity index (χ0v) is 11.2. The molecule has 1 amide bonds. The molecule has 1 aromatic rings. The predicted octanol–water partition coefficient (Wildman–Crippen LogP) is 2.46. The maximum Gasteiger partial charge on any atom is 0.406 e. The summed E-state index contributed by atoms with van der Waals surface area (Å²) < 4.78 is 39.4. The Hall–Kier alpha value is -1.56. The quantitative estimate of drug-likeness (QED) is 0.922. The average molecular weight is 286 g/mol. The van der Waals surface area contributed by atoms with Crippen molar-refractivity contribution in [1.29, 1.82) is 0 Å². The van der Waals surface area contributed by atoms with E-state index in [-0.39, 0.29) is 25.3 Å². The number of hydrogen-bond acceptors (Lipinski definition) is 2. The Bertz CT molecular complexity index is 470. The van der Waals surface area contributed by atoms with E-state index in [0.717, 1.165) is 17.0 Å². The number of carbonyl (C=O) groups excluding carboxylic acids is 1. The van der Waals surface area contributed by atoms with Crippen LogP contribution in [0.5, 0.6) is 0 Å². The number of nitrogens with zero attached hydrogens (tertiary/aromatic N) is 1. The van der Waals surface area contributed by atoms with Crippen LogP contribution in [0.25, 0.3) is 0 Å². The van der Waals surface area contributed by atoms with Crippen molar-refractivity contribution in [2.45, 2.75) is 38.4 Å². The molecular formula is C14H17F3N2O. The number of alkyl halides is 3. The molecule has 6 heteroatoms. The summed E-state index contributed by atoms with van der Waals surface area (Å²) in [7, 11) is 0. The molecule has 0 radical (unpaired) electrons. The molecule has 1 aliphatic rings. The maximum absolute atomic E-state index is 13.1. The summed E-state index contributed by atoms with van der Waals surface area (Å²) in [6, 6.07) is 5.43. The zero-order valence-electron chi connectivity index (χ0n) is 11.2. The Morgan fingerprint density at radius 1 is 1.25 bits per heavy atom. The molecule has 0 spiro atoms. The lowest BCUT2D eigenvalue weighted by Crippen LogP contribution is -2.51. The Morgan fingerprint density at radius 3 is 2.30 bits per heavy atom. The summed E-state index contributed by atoms with van der Waals surface area (Å²) in [5.74, 6) is -0.361. The summed E-state index contributed by atoms with van der Waals surface area (Å²) in [5.41, 5.74) is 3.98. The van der Waals surface area contributed by atoms with Gasteiger partial charge in [0.15, 0.2) is 0 Å². The van der Waals surface area contributed by atoms with Crippen LogP contribution in [-0.2, 0) is 17.6 Å². The molecule has 0 saturated carbocycles. The van der Waals surface area contributed by atoms with Gasteiger partial charge in [0.1, 0.15) is 6.04 Å². The van der Waals surface area contributed by atoms with Gasteiger partial charge >= 0.3 is 6.18 Å². The van der Waals surface area contributed by atoms with Gasteiger partial charge in [-0.1, -0.05) is 31.2 Å². The second-order valence-electron chi connectivity index (χ2n) is 4.91. The van der Waals surface area contributed by atoms with Crippen molar-refractivity contribution in [2.75, 3.05) is 6.54 Å². The molecule has 0 unspecified atom stereocenters. The van der Waals surface area contributed by atoms with Gasteiger partial charge in [-0.05, 0) is 24.0 Å². The van der Waals surface area contributed by atoms with Crippen LogP contribution in [0.1, 0.15) is 24.5 Å². The highest BCUT2D eigenvalue weighted by Crippen LogP contribution is 2.28. The van der Waals surface area contributed by atoms with Crippen molar-refractivity contribution in [1.82, 2.24) is 10.4 Å². The molecule has 1 aliphatic heterocycles. The van der Waals surface area contributed by atoms with E-state index < -0.39 is 12.2 Å². The van der Waals surface area contributed by atoms with Crippen molar-refractivity contribution in [2.24, 2.45) is 0 Å². The standard InChI is InChI=1S/C14H17F3N2O/c1-2-10-3-5-11(6-4-10)9-12(14(15,16)17)19-8-7-13(20)18-19/h3-6,12H,2,7-9H2,1H3,(H,18,20)/t12-/m0/s1. The third-order valence-electron chi connectivity index (χ3n) is 3.46. The van der Waals surface area contributed by atoms with Gasteiger partial charge in [-0.15, -0.1) is 0 Å². The third-order valence-corrected chi connectivity index (χ3v) is 3.46. The maximum atomic E-state index is 13.1. The molecule has 1 saturated heterocycles. The minimum atomic E-state index is -4.37. The average Bonchev–Trinajstić information content (AvgIpc) is 2.81. The van der Waals surface area contributed by atoms with Crippen LogP contribution in [0.2, 0.25) is 0 Å². The van der Waals surface area contributed by atoms with Crippen molar-refractivity contribution < 1.29 is 18.0 Å². The van der Waals surface area contributed by atoms with Crippen LogP contribution in [-0.4, -0.2) is 29.7 Å². The van der Waals surface area contributed by atoms with E-state index in [1.54, 1.807) is 12.1 Å². The number of carbonyl (C=O) groups is 1. The first-order chi connectivity index (χ1) is 9.40. The fourth-order valence-electron chi connectivity index (χ4n) is 2.26. The van der Waals surface area contributed by atoms with Crippen molar-refractivity contribution in [3.63, 3.8) is 0 Å². The molecule has 1 fully saturated rings. The summed E-state index contributed by atoms with van der Waals surface area (Å²) in [5, 5.41) is 0.996. The summed E-state index contributed by atoms with van der Waals surface area (Å²) >= 11 is 0. The van der Waals surface area contributed by atoms with Crippen LogP contribution in [0.4, 0.5) is 13.2 Å². The van der Waals surface area contributed by atoms with Gasteiger partial charge in [0, 0.05) is 13.0 Å². The van der Waals surface area contributed by atoms with Gasteiger partial charge in [-0.25, -0.2) is 5.01 Å². The Balaban J connectivity index is 2.13. The van der Waals surface area contributed by atoms with Crippen molar-refractivity contribution in [3.8, 4) is 0 Å². The molecule has 1 N–H and O–H groups in total. The van der Waals surface area contributed by atoms with Crippen LogP contribution in [0.15, 0.2) is 24.3 Å². The fourth-order valence-corrected chi connectivity index (χ4v) is 2.26. The van der Waals surface area contributed by atoms with Gasteiger partial charge in [-0.2, -0.15) is 13.2 Å². The monoisotopic (exact) mass is 286 g/mol. The van der Waals surface area contributed by atoms with Crippen LogP contribution < -0.4 is 5.43 Å². The van der Waals surface area contributed by atoms with Crippen molar-refractivity contribution in [3.05, 3.63) is 35.4 Å². The van der Waals surface area contributed by atoms with E-state index in [9.17, 15) is 18.0 Å². The molecule has 1 atom stereocenters. The number of aryl methyl sites for hydroxylation is 1. The fraction of sp³-hybridized carbons (Fsp3) is 0.500. The molecule has 0 aromatic heterocycles. The van der Waals surface area contributed by atoms with Crippen LogP contribution in [0.3, 0.4) is 0 Å². The highest BCUT2D eigenvalue weighted by atomic mass is 19.4. The molecule has 2 rings (SSSR count). The molecule has 20 heavy (non-hydrogen) atoms. The summed E-state index contributed by atoms with van der Waals surface area (Å²) in [6.45, 7) is 2.09. The summed E-state index contributed by atoms with van der Waals surface area (Å²) in [6.07, 6.45) is -3.57. The van der Waals surface area contributed by atoms with E-state index in [2.05, 4.69) is 5.43 Å². The highest BCUT2D eigenvalue weighted by molar-refractivity contribution is 5.77. The smallest absolute Gasteiger partial charge is 0.288 e. The van der Waals surface area contributed by atoms with E-state index in [4.69, 9.17) is 0 Å². The van der Waals surface area contributed by atoms with Gasteiger partial charge in [0.2, 0.25) is 5.91 Å². The second kappa shape index (κ2) is 5.83. The number of hydrogen-bond donors (Lipinski definition) is 1. The van der Waals surface area contributed by atoms with Gasteiger partial charge in [0.25, 0.3) is 0 Å². The number of rotatable bonds is 4. The number of benzene rings is 1. The van der Waals surface area contributed by atoms with E-state index in [1.807, 2.05) is 19.1 Å². The number of amides is 1. The summed E-state index contributed by atoms with van der Waals surface area (Å²) in [4.78, 5) is 11.1. The highest BCUT2D eigenvalue weighted by Gasteiger charge is 2.45. The van der Waals surface area contributed by atoms with E-state index in [1.165, 1.54) is 0 Å². The molecule has 0 aliphatic carbocycles. The largest absolute Gasteiger partial charge is 0.406 e. The lowest BCUT2D eigenvalue weighted by Gasteiger charge is -2.29. The third kappa shape index (κ3) is 3.50. The first-order valence-corrected chi connectivity index (χ1v) is 6.61. The first kappa shape index (κ1) is 14.8. The van der Waals surface area contributed by atoms with E-state index >= 15 is 0 Å². The Labute approximate surface area is 115 Å². The molecule has 3 nitrogen and oxygen atoms in total. The van der Waals surface area contributed by atoms with Crippen LogP contribution >= 0.6 is 0 Å². The number of hydrazine groups is 1. The molecule has 1 heterocycles. The molecule has 1 aromatic carbocycles. The zero-order chi connectivity index (χ0) is 14.8. The minimum absolute atomic E-state index is 0.0933. The number of halogens is 3. The SMILES string of the molecule is CCc1ccc(C[C@H](N2CCC(=O)N2)C(F)(F)F)cc1. The van der Waals surface area contributed by atoms with E-state index in [0.29, 0.717) is 5.56 Å². The van der Waals surface area contributed by atoms with Crippen LogP contribution in [0, 0.1) is 0 Å². The topological polar surface area (TPSA) is 32.3 Å². The normalized spacial score (nSPS) is 18.1. The lowest BCUT2D eigenvalue weighted by atomic mass is 10.0. The first-order valence-electron chi connectivity index (χ1n) is 6.61.